The minimum atomic E-state index is -0.214. The van der Waals surface area contributed by atoms with Gasteiger partial charge in [0, 0.05) is 0 Å². The van der Waals surface area contributed by atoms with Crippen molar-refractivity contribution in [3.05, 3.63) is 0 Å². The van der Waals surface area contributed by atoms with Crippen LogP contribution in [0.2, 0.25) is 0 Å². The molecule has 58 valence electrons. The van der Waals surface area contributed by atoms with E-state index in [4.69, 9.17) is 9.90 Å². The zero-order chi connectivity index (χ0) is 7.82. The van der Waals surface area contributed by atoms with Crippen molar-refractivity contribution in [3.8, 4) is 0 Å². The number of hydrogen-bond acceptors (Lipinski definition) is 1. The molecule has 0 saturated heterocycles. The summed E-state index contributed by atoms with van der Waals surface area (Å²) in [5.41, 5.74) is 0. The lowest BCUT2D eigenvalue weighted by Crippen LogP contribution is -2.08. The van der Waals surface area contributed by atoms with E-state index in [2.05, 4.69) is 0 Å². The lowest BCUT2D eigenvalue weighted by atomic mass is 9.98. The van der Waals surface area contributed by atoms with E-state index in [0.29, 0.717) is 6.47 Å². The predicted octanol–water partition coefficient (Wildman–Crippen LogP) is 1.36. The Kier molecular flexibility index (Phi) is 6.18. The highest BCUT2D eigenvalue weighted by atomic mass is 16.3. The van der Waals surface area contributed by atoms with Gasteiger partial charge in [-0.2, -0.15) is 0 Å². The van der Waals surface area contributed by atoms with Gasteiger partial charge in [0.2, 0.25) is 0 Å². The summed E-state index contributed by atoms with van der Waals surface area (Å²) in [6, 6.07) is 0. The van der Waals surface area contributed by atoms with Gasteiger partial charge in [0.25, 0.3) is 0 Å². The Balaban J connectivity index is 0.000000236. The molecule has 0 unspecified atom stereocenters. The molecule has 0 amide bonds. The lowest BCUT2D eigenvalue weighted by Gasteiger charge is -2.12. The highest BCUT2D eigenvalue weighted by molar-refractivity contribution is 5.34. The molecule has 0 aromatic carbocycles. The van der Waals surface area contributed by atoms with Crippen LogP contribution in [-0.4, -0.2) is 17.7 Å². The first kappa shape index (κ1) is 9.43. The summed E-state index contributed by atoms with van der Waals surface area (Å²) in [5.74, 6) is 0. The third-order valence-electron chi connectivity index (χ3n) is 1.55. The van der Waals surface area contributed by atoms with Gasteiger partial charge in [-0.25, -0.2) is 9.90 Å². The van der Waals surface area contributed by atoms with Crippen LogP contribution in [0.5, 0.6) is 0 Å². The van der Waals surface area contributed by atoms with E-state index in [1.807, 2.05) is 0 Å². The van der Waals surface area contributed by atoms with Crippen LogP contribution in [0.3, 0.4) is 0 Å². The van der Waals surface area contributed by atoms with E-state index in [0.717, 1.165) is 12.8 Å². The molecule has 0 spiro atoms. The summed E-state index contributed by atoms with van der Waals surface area (Å²) >= 11 is 0. The van der Waals surface area contributed by atoms with Crippen molar-refractivity contribution in [1.29, 1.82) is 0 Å². The predicted molar refractivity (Wildman–Crippen MR) is 35.9 cm³/mol. The molecular formula is C7H12O3. The molecular weight excluding hydrogens is 132 g/mol. The van der Waals surface area contributed by atoms with Gasteiger partial charge in [0.15, 0.2) is 0 Å². The first-order valence-electron chi connectivity index (χ1n) is 3.48. The summed E-state index contributed by atoms with van der Waals surface area (Å²) in [5, 5.41) is 17.3. The molecule has 0 aromatic rings. The van der Waals surface area contributed by atoms with Gasteiger partial charge in [-0.15, -0.1) is 0 Å². The van der Waals surface area contributed by atoms with Crippen LogP contribution in [0.4, 0.5) is 0 Å². The van der Waals surface area contributed by atoms with Crippen molar-refractivity contribution in [1.82, 2.24) is 0 Å². The quantitative estimate of drug-likeness (QED) is 0.558. The Morgan fingerprint density at radius 3 is 1.80 bits per heavy atom. The molecule has 10 heavy (non-hydrogen) atoms. The van der Waals surface area contributed by atoms with Gasteiger partial charge < -0.3 is 5.11 Å². The second-order valence-corrected chi connectivity index (χ2v) is 2.35. The maximum Gasteiger partial charge on any atom is 0.414 e. The first-order valence-corrected chi connectivity index (χ1v) is 3.48. The van der Waals surface area contributed by atoms with Crippen LogP contribution in [-0.2, 0) is 9.90 Å². The molecule has 0 aliphatic heterocycles. The van der Waals surface area contributed by atoms with Gasteiger partial charge in [0.1, 0.15) is 0 Å². The minimum Gasteiger partial charge on any atom is -0.473 e. The molecule has 1 fully saturated rings. The zero-order valence-corrected chi connectivity index (χ0v) is 5.88. The number of hydrogen-bond donors (Lipinski definition) is 1. The standard InChI is InChI=1S/C6H11O.CHO2/c7-6-4-2-1-3-5-6;2-1-3/h6H,1-5H2;(H,2,3). The smallest absolute Gasteiger partial charge is 0.414 e. The maximum absolute atomic E-state index is 10.5. The molecule has 1 aliphatic rings. The van der Waals surface area contributed by atoms with Gasteiger partial charge in [-0.1, -0.05) is 19.3 Å². The maximum atomic E-state index is 10.5. The van der Waals surface area contributed by atoms with Crippen molar-refractivity contribution >= 4 is 6.47 Å². The number of aliphatic hydroxyl groups excluding tert-OH is 1. The molecule has 0 bridgehead atoms. The van der Waals surface area contributed by atoms with Crippen LogP contribution >= 0.6 is 0 Å². The second kappa shape index (κ2) is 6.55. The fraction of sp³-hybridized carbons (Fsp3) is 0.857. The fourth-order valence-corrected chi connectivity index (χ4v) is 1.07. The lowest BCUT2D eigenvalue weighted by molar-refractivity contribution is 0.0564. The highest BCUT2D eigenvalue weighted by Crippen LogP contribution is 2.16. The van der Waals surface area contributed by atoms with E-state index in [1.54, 1.807) is 0 Å². The molecule has 0 heterocycles. The fourth-order valence-electron chi connectivity index (χ4n) is 1.07. The van der Waals surface area contributed by atoms with Crippen molar-refractivity contribution in [3.63, 3.8) is 0 Å². The van der Waals surface area contributed by atoms with Crippen LogP contribution in [0.1, 0.15) is 32.1 Å². The Hall–Kier alpha value is -0.570. The van der Waals surface area contributed by atoms with Crippen LogP contribution in [0.15, 0.2) is 0 Å². The van der Waals surface area contributed by atoms with Gasteiger partial charge >= 0.3 is 6.47 Å². The summed E-state index contributed by atoms with van der Waals surface area (Å²) in [6.45, 7) is 0.500. The average molecular weight is 144 g/mol. The molecule has 2 radical (unpaired) electrons. The van der Waals surface area contributed by atoms with E-state index in [-0.39, 0.29) is 6.10 Å². The molecule has 0 aromatic heterocycles. The molecule has 3 nitrogen and oxygen atoms in total. The van der Waals surface area contributed by atoms with Crippen molar-refractivity contribution < 1.29 is 15.0 Å². The van der Waals surface area contributed by atoms with Gasteiger partial charge in [-0.05, 0) is 12.8 Å². The van der Waals surface area contributed by atoms with Crippen molar-refractivity contribution in [2.75, 3.05) is 0 Å². The number of rotatable bonds is 0. The SMILES string of the molecule is O=[C]O.[O]C1CCCCC1. The molecule has 3 heteroatoms. The Morgan fingerprint density at radius 2 is 1.60 bits per heavy atom. The van der Waals surface area contributed by atoms with Gasteiger partial charge in [0.05, 0.1) is 6.10 Å². The monoisotopic (exact) mass is 144 g/mol. The van der Waals surface area contributed by atoms with Gasteiger partial charge in [-0.3, -0.25) is 0 Å². The topological polar surface area (TPSA) is 57.2 Å². The van der Waals surface area contributed by atoms with Crippen LogP contribution in [0.25, 0.3) is 0 Å². The largest absolute Gasteiger partial charge is 0.473 e. The van der Waals surface area contributed by atoms with Crippen LogP contribution < -0.4 is 0 Å². The summed E-state index contributed by atoms with van der Waals surface area (Å²) in [7, 11) is 0. The highest BCUT2D eigenvalue weighted by Gasteiger charge is 2.09. The Bertz CT molecular complexity index is 76.9. The summed E-state index contributed by atoms with van der Waals surface area (Å²) < 4.78 is 0. The van der Waals surface area contributed by atoms with E-state index < -0.39 is 0 Å². The van der Waals surface area contributed by atoms with E-state index in [9.17, 15) is 5.11 Å². The molecule has 1 N–H and O–H groups in total. The third-order valence-corrected chi connectivity index (χ3v) is 1.55. The molecule has 1 aliphatic carbocycles. The van der Waals surface area contributed by atoms with Crippen molar-refractivity contribution in [2.45, 2.75) is 38.2 Å². The average Bonchev–Trinajstić information content (AvgIpc) is 1.91. The van der Waals surface area contributed by atoms with Crippen LogP contribution in [0, 0.1) is 0 Å². The molecule has 1 saturated carbocycles. The molecule has 0 atom stereocenters. The minimum absolute atomic E-state index is 0.214. The molecule has 1 rings (SSSR count). The Morgan fingerprint density at radius 1 is 1.20 bits per heavy atom. The normalized spacial score (nSPS) is 18.9. The summed E-state index contributed by atoms with van der Waals surface area (Å²) in [4.78, 5) is 8.24. The van der Waals surface area contributed by atoms with E-state index >= 15 is 0 Å². The second-order valence-electron chi connectivity index (χ2n) is 2.35. The van der Waals surface area contributed by atoms with Crippen molar-refractivity contribution in [2.24, 2.45) is 0 Å². The van der Waals surface area contributed by atoms with E-state index in [1.165, 1.54) is 19.3 Å². The Labute approximate surface area is 60.7 Å². The first-order chi connectivity index (χ1) is 4.81. The zero-order valence-electron chi connectivity index (χ0n) is 5.88. The third kappa shape index (κ3) is 5.56. The summed E-state index contributed by atoms with van der Waals surface area (Å²) in [6.07, 6.45) is 5.29.